The van der Waals surface area contributed by atoms with Crippen LogP contribution in [0.1, 0.15) is 56.0 Å². The van der Waals surface area contributed by atoms with E-state index in [0.29, 0.717) is 22.9 Å². The maximum absolute atomic E-state index is 15.2. The fourth-order valence-corrected chi connectivity index (χ4v) is 6.68. The zero-order chi connectivity index (χ0) is 24.8. The molecule has 1 N–H and O–H groups in total. The van der Waals surface area contributed by atoms with E-state index in [-0.39, 0.29) is 35.9 Å². The molecule has 0 radical (unpaired) electrons. The summed E-state index contributed by atoms with van der Waals surface area (Å²) in [6.45, 7) is 6.36. The first-order valence-electron chi connectivity index (χ1n) is 11.9. The maximum atomic E-state index is 15.2. The SMILES string of the molecule is CC1(C)CCC([C@H]2C[C@@]3(C)CSC(NC(=O)c4ccccc4)=N[C@@]3(c3ccc(F)cc3F)CO2)O1. The fraction of sp³-hybridized carbons (Fsp3) is 0.481. The molecule has 0 aromatic heterocycles. The van der Waals surface area contributed by atoms with Crippen molar-refractivity contribution in [2.24, 2.45) is 10.4 Å². The highest BCUT2D eigenvalue weighted by molar-refractivity contribution is 8.14. The van der Waals surface area contributed by atoms with Gasteiger partial charge >= 0.3 is 0 Å². The third kappa shape index (κ3) is 4.52. The van der Waals surface area contributed by atoms with Crippen molar-refractivity contribution < 1.29 is 23.0 Å². The molecule has 35 heavy (non-hydrogen) atoms. The highest BCUT2D eigenvalue weighted by atomic mass is 32.2. The number of amides is 1. The fourth-order valence-electron chi connectivity index (χ4n) is 5.48. The van der Waals surface area contributed by atoms with Crippen LogP contribution in [0.15, 0.2) is 53.5 Å². The number of nitrogens with zero attached hydrogens (tertiary/aromatic N) is 1. The van der Waals surface area contributed by atoms with E-state index >= 15 is 4.39 Å². The number of hydrogen-bond acceptors (Lipinski definition) is 5. The topological polar surface area (TPSA) is 59.9 Å². The zero-order valence-corrected chi connectivity index (χ0v) is 21.0. The Hall–Kier alpha value is -2.29. The monoisotopic (exact) mass is 500 g/mol. The standard InChI is InChI=1S/C27H30F2N2O3S/c1-25(2)12-11-21(34-25)22-14-26(3)16-35-24(30-23(32)17-7-5-4-6-8-17)31-27(26,15-33-22)19-10-9-18(28)13-20(19)29/h4-10,13,21-22H,11-12,14-16H2,1-3H3,(H,30,31,32)/t21?,22-,26+,27-/m1/s1. The first-order valence-corrected chi connectivity index (χ1v) is 12.9. The Morgan fingerprint density at radius 2 is 1.89 bits per heavy atom. The number of amidine groups is 1. The van der Waals surface area contributed by atoms with Gasteiger partial charge < -0.3 is 14.8 Å². The summed E-state index contributed by atoms with van der Waals surface area (Å²) in [4.78, 5) is 17.8. The van der Waals surface area contributed by atoms with Crippen LogP contribution in [-0.2, 0) is 15.0 Å². The summed E-state index contributed by atoms with van der Waals surface area (Å²) in [6, 6.07) is 12.5. The molecule has 2 fully saturated rings. The second-order valence-corrected chi connectivity index (χ2v) is 11.5. The van der Waals surface area contributed by atoms with Crippen molar-refractivity contribution >= 4 is 22.8 Å². The molecule has 5 nitrogen and oxygen atoms in total. The van der Waals surface area contributed by atoms with Crippen molar-refractivity contribution in [3.63, 3.8) is 0 Å². The highest BCUT2D eigenvalue weighted by Crippen LogP contribution is 2.56. The van der Waals surface area contributed by atoms with Crippen molar-refractivity contribution in [3.05, 3.63) is 71.3 Å². The predicted molar refractivity (Wildman–Crippen MR) is 132 cm³/mol. The minimum absolute atomic E-state index is 0.0361. The van der Waals surface area contributed by atoms with Gasteiger partial charge in [-0.25, -0.2) is 13.8 Å². The number of carbonyl (C=O) groups excluding carboxylic acids is 1. The average molecular weight is 501 g/mol. The Morgan fingerprint density at radius 1 is 1.11 bits per heavy atom. The van der Waals surface area contributed by atoms with Gasteiger partial charge in [-0.3, -0.25) is 4.79 Å². The summed E-state index contributed by atoms with van der Waals surface area (Å²) in [7, 11) is 0. The lowest BCUT2D eigenvalue weighted by molar-refractivity contribution is -0.157. The van der Waals surface area contributed by atoms with E-state index in [9.17, 15) is 9.18 Å². The van der Waals surface area contributed by atoms with Crippen molar-refractivity contribution in [1.82, 2.24) is 5.32 Å². The van der Waals surface area contributed by atoms with E-state index in [1.54, 1.807) is 24.3 Å². The number of benzene rings is 2. The zero-order valence-electron chi connectivity index (χ0n) is 20.1. The molecule has 186 valence electrons. The van der Waals surface area contributed by atoms with Crippen LogP contribution in [0.5, 0.6) is 0 Å². The molecule has 3 heterocycles. The molecule has 0 saturated carbocycles. The third-order valence-corrected chi connectivity index (χ3v) is 8.77. The number of hydrogen-bond donors (Lipinski definition) is 1. The Kier molecular flexibility index (Phi) is 6.26. The third-order valence-electron chi connectivity index (χ3n) is 7.53. The number of rotatable bonds is 3. The number of ether oxygens (including phenoxy) is 2. The van der Waals surface area contributed by atoms with Crippen LogP contribution < -0.4 is 5.32 Å². The average Bonchev–Trinajstić information content (AvgIpc) is 3.19. The van der Waals surface area contributed by atoms with Gasteiger partial charge in [0.05, 0.1) is 24.4 Å². The summed E-state index contributed by atoms with van der Waals surface area (Å²) in [5.41, 5.74) is -1.02. The normalized spacial score (nSPS) is 32.0. The van der Waals surface area contributed by atoms with E-state index in [1.165, 1.54) is 23.9 Å². The molecule has 8 heteroatoms. The molecular weight excluding hydrogens is 470 g/mol. The second kappa shape index (κ2) is 8.98. The summed E-state index contributed by atoms with van der Waals surface area (Å²) in [6.07, 6.45) is 2.29. The number of fused-ring (bicyclic) bond motifs is 1. The minimum atomic E-state index is -1.11. The Labute approximate surface area is 208 Å². The molecule has 4 atom stereocenters. The van der Waals surface area contributed by atoms with Gasteiger partial charge in [0.2, 0.25) is 0 Å². The molecule has 3 aliphatic rings. The van der Waals surface area contributed by atoms with Gasteiger partial charge in [-0.15, -0.1) is 0 Å². The van der Waals surface area contributed by atoms with E-state index in [4.69, 9.17) is 14.5 Å². The Bertz CT molecular complexity index is 1160. The molecule has 1 amide bonds. The quantitative estimate of drug-likeness (QED) is 0.609. The Morgan fingerprint density at radius 3 is 2.57 bits per heavy atom. The maximum Gasteiger partial charge on any atom is 0.257 e. The van der Waals surface area contributed by atoms with E-state index in [1.807, 2.05) is 6.07 Å². The van der Waals surface area contributed by atoms with E-state index in [0.717, 1.165) is 18.9 Å². The van der Waals surface area contributed by atoms with Gasteiger partial charge in [-0.2, -0.15) is 0 Å². The van der Waals surface area contributed by atoms with Crippen LogP contribution in [0.3, 0.4) is 0 Å². The first-order chi connectivity index (χ1) is 16.6. The minimum Gasteiger partial charge on any atom is -0.373 e. The molecule has 0 aliphatic carbocycles. The van der Waals surface area contributed by atoms with Crippen LogP contribution >= 0.6 is 11.8 Å². The van der Waals surface area contributed by atoms with Crippen LogP contribution in [-0.4, -0.2) is 41.2 Å². The van der Waals surface area contributed by atoms with Gasteiger partial charge in [0.1, 0.15) is 17.2 Å². The van der Waals surface area contributed by atoms with Gasteiger partial charge in [0.15, 0.2) is 5.17 Å². The molecule has 3 aliphatic heterocycles. The van der Waals surface area contributed by atoms with Crippen molar-refractivity contribution in [2.45, 2.75) is 63.4 Å². The van der Waals surface area contributed by atoms with Crippen LogP contribution in [0, 0.1) is 17.0 Å². The molecule has 0 spiro atoms. The van der Waals surface area contributed by atoms with Crippen molar-refractivity contribution in [1.29, 1.82) is 0 Å². The van der Waals surface area contributed by atoms with Crippen molar-refractivity contribution in [2.75, 3.05) is 12.4 Å². The molecular formula is C27H30F2N2O3S. The molecule has 5 rings (SSSR count). The highest BCUT2D eigenvalue weighted by Gasteiger charge is 2.59. The largest absolute Gasteiger partial charge is 0.373 e. The molecule has 2 aromatic carbocycles. The van der Waals surface area contributed by atoms with Gasteiger partial charge in [0, 0.05) is 28.4 Å². The molecule has 2 saturated heterocycles. The number of thioether (sulfide) groups is 1. The van der Waals surface area contributed by atoms with E-state index < -0.39 is 22.6 Å². The number of halogens is 2. The number of nitrogens with one attached hydrogen (secondary N) is 1. The van der Waals surface area contributed by atoms with Crippen molar-refractivity contribution in [3.8, 4) is 0 Å². The first kappa shape index (κ1) is 24.4. The predicted octanol–water partition coefficient (Wildman–Crippen LogP) is 5.45. The van der Waals surface area contributed by atoms with Crippen LogP contribution in [0.2, 0.25) is 0 Å². The summed E-state index contributed by atoms with van der Waals surface area (Å²) >= 11 is 1.44. The lowest BCUT2D eigenvalue weighted by Gasteiger charge is -2.54. The lowest BCUT2D eigenvalue weighted by atomic mass is 9.63. The summed E-state index contributed by atoms with van der Waals surface area (Å²) in [5, 5.41) is 3.29. The van der Waals surface area contributed by atoms with E-state index in [2.05, 4.69) is 26.1 Å². The van der Waals surface area contributed by atoms with Crippen LogP contribution in [0.4, 0.5) is 8.78 Å². The van der Waals surface area contributed by atoms with Gasteiger partial charge in [-0.1, -0.05) is 43.0 Å². The van der Waals surface area contributed by atoms with Gasteiger partial charge in [-0.05, 0) is 51.3 Å². The lowest BCUT2D eigenvalue weighted by Crippen LogP contribution is -2.59. The Balaban J connectivity index is 1.50. The smallest absolute Gasteiger partial charge is 0.257 e. The molecule has 1 unspecified atom stereocenters. The number of carbonyl (C=O) groups is 1. The molecule has 0 bridgehead atoms. The van der Waals surface area contributed by atoms with Gasteiger partial charge in [0.25, 0.3) is 5.91 Å². The summed E-state index contributed by atoms with van der Waals surface area (Å²) in [5.74, 6) is -1.01. The second-order valence-electron chi connectivity index (χ2n) is 10.6. The van der Waals surface area contributed by atoms with Crippen LogP contribution in [0.25, 0.3) is 0 Å². The molecule has 2 aromatic rings. The summed E-state index contributed by atoms with van der Waals surface area (Å²) < 4.78 is 41.7. The number of aliphatic imine (C=N–C) groups is 1.